The lowest BCUT2D eigenvalue weighted by atomic mass is 9.93. The standard InChI is InChI=1S/C17H22N6O/c18-15(24)12-23-9-3-4-13(11-23)10-14-6-7-17(22-21-14)20-16-5-1-2-8-19-16/h1-2,5-8,13H,3-4,9-12H2,(H2,18,24)(H,19,20,22). The second kappa shape index (κ2) is 7.83. The van der Waals surface area contributed by atoms with Crippen molar-refractivity contribution < 1.29 is 4.79 Å². The highest BCUT2D eigenvalue weighted by Gasteiger charge is 2.21. The van der Waals surface area contributed by atoms with Crippen LogP contribution < -0.4 is 11.1 Å². The predicted molar refractivity (Wildman–Crippen MR) is 91.6 cm³/mol. The lowest BCUT2D eigenvalue weighted by molar-refractivity contribution is -0.119. The Hall–Kier alpha value is -2.54. The quantitative estimate of drug-likeness (QED) is 0.832. The highest BCUT2D eigenvalue weighted by Crippen LogP contribution is 2.20. The monoisotopic (exact) mass is 326 g/mol. The zero-order chi connectivity index (χ0) is 16.8. The van der Waals surface area contributed by atoms with Crippen molar-refractivity contribution in [3.8, 4) is 0 Å². The molecule has 0 bridgehead atoms. The van der Waals surface area contributed by atoms with E-state index in [-0.39, 0.29) is 5.91 Å². The highest BCUT2D eigenvalue weighted by atomic mass is 16.1. The summed E-state index contributed by atoms with van der Waals surface area (Å²) in [6.07, 6.45) is 4.83. The molecule has 1 aliphatic rings. The average molecular weight is 326 g/mol. The number of primary amides is 1. The summed E-state index contributed by atoms with van der Waals surface area (Å²) >= 11 is 0. The van der Waals surface area contributed by atoms with Crippen LogP contribution in [0.1, 0.15) is 18.5 Å². The van der Waals surface area contributed by atoms with Crippen LogP contribution in [0, 0.1) is 5.92 Å². The highest BCUT2D eigenvalue weighted by molar-refractivity contribution is 5.75. The van der Waals surface area contributed by atoms with Gasteiger partial charge in [-0.05, 0) is 56.0 Å². The summed E-state index contributed by atoms with van der Waals surface area (Å²) < 4.78 is 0. The van der Waals surface area contributed by atoms with Gasteiger partial charge in [0.15, 0.2) is 5.82 Å². The molecule has 126 valence electrons. The van der Waals surface area contributed by atoms with Crippen LogP contribution in [0.4, 0.5) is 11.6 Å². The van der Waals surface area contributed by atoms with Gasteiger partial charge in [-0.25, -0.2) is 4.98 Å². The minimum atomic E-state index is -0.264. The van der Waals surface area contributed by atoms with Crippen LogP contribution in [0.5, 0.6) is 0 Å². The van der Waals surface area contributed by atoms with Crippen molar-refractivity contribution in [3.05, 3.63) is 42.2 Å². The molecule has 1 saturated heterocycles. The number of anilines is 2. The minimum Gasteiger partial charge on any atom is -0.369 e. The van der Waals surface area contributed by atoms with Gasteiger partial charge in [-0.2, -0.15) is 5.10 Å². The lowest BCUT2D eigenvalue weighted by Gasteiger charge is -2.31. The molecule has 0 aliphatic carbocycles. The average Bonchev–Trinajstić information content (AvgIpc) is 2.57. The second-order valence-electron chi connectivity index (χ2n) is 6.16. The van der Waals surface area contributed by atoms with E-state index >= 15 is 0 Å². The van der Waals surface area contributed by atoms with E-state index in [0.717, 1.165) is 43.9 Å². The number of carbonyl (C=O) groups excluding carboxylic acids is 1. The summed E-state index contributed by atoms with van der Waals surface area (Å²) in [7, 11) is 0. The van der Waals surface area contributed by atoms with Gasteiger partial charge in [0, 0.05) is 12.7 Å². The second-order valence-corrected chi connectivity index (χ2v) is 6.16. The van der Waals surface area contributed by atoms with Gasteiger partial charge in [0.05, 0.1) is 12.2 Å². The van der Waals surface area contributed by atoms with Gasteiger partial charge in [-0.3, -0.25) is 9.69 Å². The van der Waals surface area contributed by atoms with Crippen LogP contribution in [0.3, 0.4) is 0 Å². The predicted octanol–water partition coefficient (Wildman–Crippen LogP) is 1.35. The molecule has 3 rings (SSSR count). The van der Waals surface area contributed by atoms with E-state index in [2.05, 4.69) is 25.4 Å². The first-order valence-electron chi connectivity index (χ1n) is 8.20. The van der Waals surface area contributed by atoms with Crippen LogP contribution in [-0.4, -0.2) is 45.6 Å². The Balaban J connectivity index is 1.55. The Labute approximate surface area is 141 Å². The number of aromatic nitrogens is 3. The summed E-state index contributed by atoms with van der Waals surface area (Å²) in [4.78, 5) is 17.4. The Morgan fingerprint density at radius 3 is 2.88 bits per heavy atom. The summed E-state index contributed by atoms with van der Waals surface area (Å²) in [5, 5.41) is 11.6. The molecule has 7 nitrogen and oxygen atoms in total. The van der Waals surface area contributed by atoms with Gasteiger partial charge in [-0.1, -0.05) is 6.07 Å². The molecule has 3 heterocycles. The number of pyridine rings is 1. The van der Waals surface area contributed by atoms with Gasteiger partial charge >= 0.3 is 0 Å². The fraction of sp³-hybridized carbons (Fsp3) is 0.412. The molecule has 1 amide bonds. The van der Waals surface area contributed by atoms with Crippen LogP contribution in [0.2, 0.25) is 0 Å². The number of nitrogens with zero attached hydrogens (tertiary/aromatic N) is 4. The molecule has 3 N–H and O–H groups in total. The van der Waals surface area contributed by atoms with E-state index in [1.54, 1.807) is 6.20 Å². The molecular formula is C17H22N6O. The van der Waals surface area contributed by atoms with E-state index in [9.17, 15) is 4.79 Å². The van der Waals surface area contributed by atoms with Gasteiger partial charge in [0.1, 0.15) is 5.82 Å². The first-order chi connectivity index (χ1) is 11.7. The van der Waals surface area contributed by atoms with Crippen molar-refractivity contribution in [2.24, 2.45) is 11.7 Å². The molecule has 2 aromatic heterocycles. The maximum absolute atomic E-state index is 11.1. The molecule has 1 fully saturated rings. The van der Waals surface area contributed by atoms with Crippen molar-refractivity contribution in [1.82, 2.24) is 20.1 Å². The van der Waals surface area contributed by atoms with E-state index < -0.39 is 0 Å². The largest absolute Gasteiger partial charge is 0.369 e. The molecule has 1 aliphatic heterocycles. The molecule has 0 aromatic carbocycles. The number of carbonyl (C=O) groups is 1. The number of piperidine rings is 1. The fourth-order valence-corrected chi connectivity index (χ4v) is 3.08. The van der Waals surface area contributed by atoms with Crippen molar-refractivity contribution in [2.75, 3.05) is 25.0 Å². The molecule has 2 aromatic rings. The zero-order valence-electron chi connectivity index (χ0n) is 13.6. The molecule has 1 unspecified atom stereocenters. The Morgan fingerprint density at radius 2 is 2.17 bits per heavy atom. The Bertz CT molecular complexity index is 661. The Morgan fingerprint density at radius 1 is 1.25 bits per heavy atom. The number of hydrogen-bond donors (Lipinski definition) is 2. The summed E-state index contributed by atoms with van der Waals surface area (Å²) in [6, 6.07) is 9.57. The van der Waals surface area contributed by atoms with Crippen molar-refractivity contribution in [3.63, 3.8) is 0 Å². The first-order valence-corrected chi connectivity index (χ1v) is 8.20. The topological polar surface area (TPSA) is 97.0 Å². The molecule has 7 heteroatoms. The van der Waals surface area contributed by atoms with Crippen LogP contribution in [0.25, 0.3) is 0 Å². The molecule has 0 radical (unpaired) electrons. The number of nitrogens with one attached hydrogen (secondary N) is 1. The van der Waals surface area contributed by atoms with Crippen LogP contribution >= 0.6 is 0 Å². The van der Waals surface area contributed by atoms with Crippen LogP contribution in [0.15, 0.2) is 36.5 Å². The molecule has 0 spiro atoms. The fourth-order valence-electron chi connectivity index (χ4n) is 3.08. The number of amides is 1. The van der Waals surface area contributed by atoms with Gasteiger partial charge in [0.2, 0.25) is 5.91 Å². The van der Waals surface area contributed by atoms with Gasteiger partial charge in [-0.15, -0.1) is 5.10 Å². The van der Waals surface area contributed by atoms with E-state index in [4.69, 9.17) is 5.73 Å². The molecule has 1 atom stereocenters. The summed E-state index contributed by atoms with van der Waals surface area (Å²) in [5.74, 6) is 1.65. The van der Waals surface area contributed by atoms with E-state index in [1.165, 1.54) is 0 Å². The molecule has 0 saturated carbocycles. The lowest BCUT2D eigenvalue weighted by Crippen LogP contribution is -2.41. The van der Waals surface area contributed by atoms with E-state index in [1.807, 2.05) is 30.3 Å². The van der Waals surface area contributed by atoms with Crippen molar-refractivity contribution >= 4 is 17.5 Å². The third kappa shape index (κ3) is 4.73. The third-order valence-electron chi connectivity index (χ3n) is 4.12. The van der Waals surface area contributed by atoms with Gasteiger partial charge in [0.25, 0.3) is 0 Å². The zero-order valence-corrected chi connectivity index (χ0v) is 13.6. The summed E-state index contributed by atoms with van der Waals surface area (Å²) in [5.41, 5.74) is 6.25. The van der Waals surface area contributed by atoms with Crippen LogP contribution in [-0.2, 0) is 11.2 Å². The summed E-state index contributed by atoms with van der Waals surface area (Å²) in [6.45, 7) is 2.17. The third-order valence-corrected chi connectivity index (χ3v) is 4.12. The van der Waals surface area contributed by atoms with Crippen molar-refractivity contribution in [2.45, 2.75) is 19.3 Å². The maximum Gasteiger partial charge on any atom is 0.231 e. The molecular weight excluding hydrogens is 304 g/mol. The number of nitrogens with two attached hydrogens (primary N) is 1. The van der Waals surface area contributed by atoms with Crippen molar-refractivity contribution in [1.29, 1.82) is 0 Å². The maximum atomic E-state index is 11.1. The Kier molecular flexibility index (Phi) is 5.32. The number of rotatable bonds is 6. The molecule has 24 heavy (non-hydrogen) atoms. The van der Waals surface area contributed by atoms with Gasteiger partial charge < -0.3 is 11.1 Å². The minimum absolute atomic E-state index is 0.264. The number of likely N-dealkylation sites (tertiary alicyclic amines) is 1. The smallest absolute Gasteiger partial charge is 0.231 e. The number of hydrogen-bond acceptors (Lipinski definition) is 6. The van der Waals surface area contributed by atoms with E-state index in [0.29, 0.717) is 18.3 Å². The first kappa shape index (κ1) is 16.3. The normalized spacial score (nSPS) is 18.2. The SMILES string of the molecule is NC(=O)CN1CCCC(Cc2ccc(Nc3ccccn3)nn2)C1.